The molecular weight excluding hydrogens is 309 g/mol. The van der Waals surface area contributed by atoms with Gasteiger partial charge in [0.1, 0.15) is 5.82 Å². The van der Waals surface area contributed by atoms with E-state index in [2.05, 4.69) is 15.1 Å². The average molecular weight is 335 g/mol. The minimum atomic E-state index is -0.214. The third-order valence-corrected chi connectivity index (χ3v) is 4.96. The number of ether oxygens (including phenoxy) is 1. The maximum absolute atomic E-state index is 13.0. The Balaban J connectivity index is 1.44. The summed E-state index contributed by atoms with van der Waals surface area (Å²) >= 11 is 0. The van der Waals surface area contributed by atoms with Crippen molar-refractivity contribution in [2.75, 3.05) is 44.2 Å². The van der Waals surface area contributed by atoms with Crippen molar-refractivity contribution < 1.29 is 13.9 Å². The van der Waals surface area contributed by atoms with Crippen molar-refractivity contribution in [3.63, 3.8) is 0 Å². The van der Waals surface area contributed by atoms with Gasteiger partial charge in [-0.2, -0.15) is 0 Å². The van der Waals surface area contributed by atoms with Crippen LogP contribution in [0.1, 0.15) is 19.8 Å². The van der Waals surface area contributed by atoms with Crippen molar-refractivity contribution in [3.05, 3.63) is 30.1 Å². The number of carbonyl (C=O) groups is 1. The van der Waals surface area contributed by atoms with Gasteiger partial charge in [-0.25, -0.2) is 4.39 Å². The minimum absolute atomic E-state index is 0.0701. The third-order valence-electron chi connectivity index (χ3n) is 4.96. The fourth-order valence-corrected chi connectivity index (χ4v) is 3.35. The zero-order valence-corrected chi connectivity index (χ0v) is 14.2. The van der Waals surface area contributed by atoms with Gasteiger partial charge in [-0.05, 0) is 44.0 Å². The Kier molecular flexibility index (Phi) is 5.68. The molecule has 0 aromatic heterocycles. The Bertz CT molecular complexity index is 538. The lowest BCUT2D eigenvalue weighted by Gasteiger charge is -2.38. The predicted molar refractivity (Wildman–Crippen MR) is 91.6 cm³/mol. The molecule has 2 saturated heterocycles. The first-order chi connectivity index (χ1) is 11.6. The number of hydrogen-bond donors (Lipinski definition) is 1. The highest BCUT2D eigenvalue weighted by Gasteiger charge is 2.26. The Morgan fingerprint density at radius 3 is 2.62 bits per heavy atom. The average Bonchev–Trinajstić information content (AvgIpc) is 3.13. The largest absolute Gasteiger partial charge is 0.376 e. The van der Waals surface area contributed by atoms with Crippen LogP contribution in [0.15, 0.2) is 24.3 Å². The summed E-state index contributed by atoms with van der Waals surface area (Å²) in [4.78, 5) is 16.8. The maximum Gasteiger partial charge on any atom is 0.237 e. The first-order valence-corrected chi connectivity index (χ1v) is 8.77. The fourth-order valence-electron chi connectivity index (χ4n) is 3.35. The molecule has 132 valence electrons. The standard InChI is InChI=1S/C18H26FN3O2/c1-14(18(23)20-13-17-3-2-12-24-17)21-8-10-22(11-9-21)16-6-4-15(19)5-7-16/h4-7,14,17H,2-3,8-13H2,1H3,(H,20,23)/t14-,17+/m1/s1. The van der Waals surface area contributed by atoms with Crippen LogP contribution in [0.5, 0.6) is 0 Å². The Morgan fingerprint density at radius 1 is 1.29 bits per heavy atom. The molecule has 2 aliphatic rings. The van der Waals surface area contributed by atoms with Gasteiger partial charge in [0.05, 0.1) is 12.1 Å². The van der Waals surface area contributed by atoms with Gasteiger partial charge >= 0.3 is 0 Å². The number of piperazine rings is 1. The van der Waals surface area contributed by atoms with Crippen molar-refractivity contribution in [2.45, 2.75) is 31.9 Å². The van der Waals surface area contributed by atoms with Crippen LogP contribution < -0.4 is 10.2 Å². The van der Waals surface area contributed by atoms with Gasteiger partial charge in [-0.1, -0.05) is 0 Å². The molecule has 3 rings (SSSR count). The monoisotopic (exact) mass is 335 g/mol. The number of amides is 1. The first-order valence-electron chi connectivity index (χ1n) is 8.77. The number of benzene rings is 1. The van der Waals surface area contributed by atoms with E-state index in [0.717, 1.165) is 51.3 Å². The smallest absolute Gasteiger partial charge is 0.237 e. The number of carbonyl (C=O) groups excluding carboxylic acids is 1. The van der Waals surface area contributed by atoms with Gasteiger partial charge in [0, 0.05) is 45.0 Å². The molecule has 2 atom stereocenters. The van der Waals surface area contributed by atoms with E-state index in [0.29, 0.717) is 6.54 Å². The van der Waals surface area contributed by atoms with Gasteiger partial charge in [0.15, 0.2) is 0 Å². The van der Waals surface area contributed by atoms with E-state index in [1.54, 1.807) is 0 Å². The fraction of sp³-hybridized carbons (Fsp3) is 0.611. The van der Waals surface area contributed by atoms with E-state index in [1.807, 2.05) is 19.1 Å². The van der Waals surface area contributed by atoms with Crippen LogP contribution in [-0.4, -0.2) is 62.3 Å². The summed E-state index contributed by atoms with van der Waals surface area (Å²) in [6, 6.07) is 6.46. The molecule has 0 spiro atoms. The minimum Gasteiger partial charge on any atom is -0.376 e. The highest BCUT2D eigenvalue weighted by Crippen LogP contribution is 2.18. The van der Waals surface area contributed by atoms with Crippen molar-refractivity contribution in [1.29, 1.82) is 0 Å². The zero-order valence-electron chi connectivity index (χ0n) is 14.2. The van der Waals surface area contributed by atoms with Crippen LogP contribution >= 0.6 is 0 Å². The molecule has 5 nitrogen and oxygen atoms in total. The van der Waals surface area contributed by atoms with E-state index in [4.69, 9.17) is 4.74 Å². The summed E-state index contributed by atoms with van der Waals surface area (Å²) in [5.41, 5.74) is 1.03. The topological polar surface area (TPSA) is 44.8 Å². The number of nitrogens with one attached hydrogen (secondary N) is 1. The molecule has 1 aromatic rings. The van der Waals surface area contributed by atoms with Crippen LogP contribution in [0, 0.1) is 5.82 Å². The zero-order chi connectivity index (χ0) is 16.9. The molecule has 1 N–H and O–H groups in total. The number of rotatable bonds is 5. The second-order valence-corrected chi connectivity index (χ2v) is 6.56. The van der Waals surface area contributed by atoms with E-state index < -0.39 is 0 Å². The van der Waals surface area contributed by atoms with Crippen LogP contribution in [0.25, 0.3) is 0 Å². The number of halogens is 1. The van der Waals surface area contributed by atoms with Gasteiger partial charge in [-0.15, -0.1) is 0 Å². The molecule has 1 aromatic carbocycles. The van der Waals surface area contributed by atoms with Gasteiger partial charge in [0.25, 0.3) is 0 Å². The molecule has 0 unspecified atom stereocenters. The lowest BCUT2D eigenvalue weighted by molar-refractivity contribution is -0.126. The quantitative estimate of drug-likeness (QED) is 0.888. The molecular formula is C18H26FN3O2. The highest BCUT2D eigenvalue weighted by atomic mass is 19.1. The molecule has 2 heterocycles. The Labute approximate surface area is 142 Å². The molecule has 0 aliphatic carbocycles. The summed E-state index contributed by atoms with van der Waals surface area (Å²) in [5, 5.41) is 3.01. The van der Waals surface area contributed by atoms with Gasteiger partial charge in [-0.3, -0.25) is 9.69 Å². The summed E-state index contributed by atoms with van der Waals surface area (Å²) < 4.78 is 18.6. The summed E-state index contributed by atoms with van der Waals surface area (Å²) in [5.74, 6) is -0.144. The molecule has 1 amide bonds. The third kappa shape index (κ3) is 4.24. The van der Waals surface area contributed by atoms with E-state index in [-0.39, 0.29) is 23.9 Å². The van der Waals surface area contributed by atoms with Crippen LogP contribution in [-0.2, 0) is 9.53 Å². The van der Waals surface area contributed by atoms with Crippen molar-refractivity contribution >= 4 is 11.6 Å². The molecule has 24 heavy (non-hydrogen) atoms. The van der Waals surface area contributed by atoms with Gasteiger partial charge in [0.2, 0.25) is 5.91 Å². The number of nitrogens with zero attached hydrogens (tertiary/aromatic N) is 2. The molecule has 2 fully saturated rings. The molecule has 6 heteroatoms. The van der Waals surface area contributed by atoms with Crippen LogP contribution in [0.2, 0.25) is 0 Å². The molecule has 2 aliphatic heterocycles. The van der Waals surface area contributed by atoms with E-state index >= 15 is 0 Å². The summed E-state index contributed by atoms with van der Waals surface area (Å²) in [6.07, 6.45) is 2.29. The lowest BCUT2D eigenvalue weighted by atomic mass is 10.2. The Hall–Kier alpha value is -1.66. The number of hydrogen-bond acceptors (Lipinski definition) is 4. The van der Waals surface area contributed by atoms with Crippen LogP contribution in [0.3, 0.4) is 0 Å². The van der Waals surface area contributed by atoms with Crippen molar-refractivity contribution in [2.24, 2.45) is 0 Å². The van der Waals surface area contributed by atoms with Crippen LogP contribution in [0.4, 0.5) is 10.1 Å². The second kappa shape index (κ2) is 7.94. The molecule has 0 bridgehead atoms. The van der Waals surface area contributed by atoms with Crippen molar-refractivity contribution in [1.82, 2.24) is 10.2 Å². The number of anilines is 1. The van der Waals surface area contributed by atoms with Gasteiger partial charge < -0.3 is 15.0 Å². The first kappa shape index (κ1) is 17.2. The Morgan fingerprint density at radius 2 is 2.00 bits per heavy atom. The second-order valence-electron chi connectivity index (χ2n) is 6.56. The molecule has 0 radical (unpaired) electrons. The predicted octanol–water partition coefficient (Wildman–Crippen LogP) is 1.63. The maximum atomic E-state index is 13.0. The van der Waals surface area contributed by atoms with Crippen molar-refractivity contribution in [3.8, 4) is 0 Å². The van der Waals surface area contributed by atoms with E-state index in [9.17, 15) is 9.18 Å². The summed E-state index contributed by atoms with van der Waals surface area (Å²) in [7, 11) is 0. The summed E-state index contributed by atoms with van der Waals surface area (Å²) in [6.45, 7) is 6.71. The highest BCUT2D eigenvalue weighted by molar-refractivity contribution is 5.81. The normalized spacial score (nSPS) is 23.2. The lowest BCUT2D eigenvalue weighted by Crippen LogP contribution is -2.54. The van der Waals surface area contributed by atoms with E-state index in [1.165, 1.54) is 12.1 Å². The SMILES string of the molecule is C[C@H](C(=O)NC[C@@H]1CCCO1)N1CCN(c2ccc(F)cc2)CC1. The molecule has 0 saturated carbocycles.